The van der Waals surface area contributed by atoms with Crippen LogP contribution in [-0.2, 0) is 14.9 Å². The first-order valence-corrected chi connectivity index (χ1v) is 8.35. The molecule has 4 nitrogen and oxygen atoms in total. The Morgan fingerprint density at radius 1 is 1.12 bits per heavy atom. The summed E-state index contributed by atoms with van der Waals surface area (Å²) in [7, 11) is 1.33. The Labute approximate surface area is 146 Å². The van der Waals surface area contributed by atoms with Crippen molar-refractivity contribution in [3.05, 3.63) is 71.9 Å². The molecule has 4 heteroatoms. The number of para-hydroxylation sites is 1. The minimum absolute atomic E-state index is 0.212. The highest BCUT2D eigenvalue weighted by atomic mass is 16.5. The number of nitrogens with zero attached hydrogens (tertiary/aromatic N) is 1. The molecule has 126 valence electrons. The van der Waals surface area contributed by atoms with Crippen LogP contribution in [0.5, 0.6) is 0 Å². The summed E-state index contributed by atoms with van der Waals surface area (Å²) < 4.78 is 6.62. The van der Waals surface area contributed by atoms with Gasteiger partial charge in [-0.15, -0.1) is 0 Å². The number of methoxy groups -OCH3 is 1. The van der Waals surface area contributed by atoms with Crippen LogP contribution < -0.4 is 0 Å². The van der Waals surface area contributed by atoms with Crippen molar-refractivity contribution in [3.8, 4) is 0 Å². The van der Waals surface area contributed by atoms with Crippen molar-refractivity contribution in [2.45, 2.75) is 18.8 Å². The van der Waals surface area contributed by atoms with Gasteiger partial charge < -0.3 is 4.74 Å². The van der Waals surface area contributed by atoms with Crippen molar-refractivity contribution in [1.29, 1.82) is 0 Å². The Balaban J connectivity index is 2.02. The van der Waals surface area contributed by atoms with Gasteiger partial charge in [-0.3, -0.25) is 14.2 Å². The van der Waals surface area contributed by atoms with Crippen molar-refractivity contribution < 1.29 is 14.3 Å². The van der Waals surface area contributed by atoms with Gasteiger partial charge in [0.1, 0.15) is 5.92 Å². The average molecular weight is 333 g/mol. The van der Waals surface area contributed by atoms with E-state index < -0.39 is 17.3 Å². The standard InChI is InChI=1S/C21H19NO3/c1-21(15-9-4-3-5-10-15)13-16(20(24)25-2)19(23)22-17-11-7-6-8-14(17)12-18(21)22/h3-12,16H,13H2,1-2H3. The molecule has 2 unspecified atom stereocenters. The van der Waals surface area contributed by atoms with Crippen LogP contribution in [0.4, 0.5) is 0 Å². The van der Waals surface area contributed by atoms with Gasteiger partial charge in [0.25, 0.3) is 0 Å². The second kappa shape index (κ2) is 5.59. The predicted octanol–water partition coefficient (Wildman–Crippen LogP) is 3.78. The maximum atomic E-state index is 13.1. The van der Waals surface area contributed by atoms with E-state index in [0.29, 0.717) is 6.42 Å². The molecule has 0 radical (unpaired) electrons. The molecule has 2 atom stereocenters. The highest BCUT2D eigenvalue weighted by Gasteiger charge is 2.46. The number of ether oxygens (including phenoxy) is 1. The first kappa shape index (κ1) is 15.6. The van der Waals surface area contributed by atoms with Crippen molar-refractivity contribution in [2.75, 3.05) is 7.11 Å². The number of benzene rings is 2. The van der Waals surface area contributed by atoms with Gasteiger partial charge in [-0.1, -0.05) is 48.5 Å². The van der Waals surface area contributed by atoms with Crippen LogP contribution in [0.15, 0.2) is 60.7 Å². The topological polar surface area (TPSA) is 48.3 Å². The molecule has 1 aromatic heterocycles. The monoisotopic (exact) mass is 333 g/mol. The maximum Gasteiger partial charge on any atom is 0.318 e. The van der Waals surface area contributed by atoms with Crippen LogP contribution in [0.25, 0.3) is 10.9 Å². The summed E-state index contributed by atoms with van der Waals surface area (Å²) in [6, 6.07) is 19.9. The van der Waals surface area contributed by atoms with Crippen LogP contribution in [0.1, 0.15) is 29.4 Å². The fourth-order valence-corrected chi connectivity index (χ4v) is 3.95. The summed E-state index contributed by atoms with van der Waals surface area (Å²) in [5, 5.41) is 0.999. The SMILES string of the molecule is COC(=O)C1CC(C)(c2ccccc2)c2cc3ccccc3n2C1=O. The average Bonchev–Trinajstić information content (AvgIpc) is 3.05. The smallest absolute Gasteiger partial charge is 0.318 e. The molecule has 0 N–H and O–H groups in total. The third-order valence-electron chi connectivity index (χ3n) is 5.30. The van der Waals surface area contributed by atoms with Crippen molar-refractivity contribution in [3.63, 3.8) is 0 Å². The molecule has 0 aliphatic carbocycles. The summed E-state index contributed by atoms with van der Waals surface area (Å²) >= 11 is 0. The van der Waals surface area contributed by atoms with Crippen LogP contribution in [0, 0.1) is 5.92 Å². The number of hydrogen-bond donors (Lipinski definition) is 0. The minimum Gasteiger partial charge on any atom is -0.468 e. The lowest BCUT2D eigenvalue weighted by atomic mass is 9.70. The number of carbonyl (C=O) groups is 2. The van der Waals surface area contributed by atoms with E-state index in [0.717, 1.165) is 22.2 Å². The van der Waals surface area contributed by atoms with E-state index in [9.17, 15) is 9.59 Å². The van der Waals surface area contributed by atoms with Crippen LogP contribution in [-0.4, -0.2) is 23.6 Å². The molecular formula is C21H19NO3. The predicted molar refractivity (Wildman–Crippen MR) is 95.6 cm³/mol. The number of esters is 1. The normalized spacial score (nSPS) is 22.6. The lowest BCUT2D eigenvalue weighted by molar-refractivity contribution is -0.144. The third-order valence-corrected chi connectivity index (χ3v) is 5.30. The fraction of sp³-hybridized carbons (Fsp3) is 0.238. The third kappa shape index (κ3) is 2.21. The Kier molecular flexibility index (Phi) is 3.49. The first-order valence-electron chi connectivity index (χ1n) is 8.35. The van der Waals surface area contributed by atoms with E-state index in [2.05, 4.69) is 13.0 Å². The second-order valence-corrected chi connectivity index (χ2v) is 6.74. The molecule has 0 saturated heterocycles. The van der Waals surface area contributed by atoms with E-state index >= 15 is 0 Å². The summed E-state index contributed by atoms with van der Waals surface area (Å²) in [6.07, 6.45) is 0.402. The van der Waals surface area contributed by atoms with Crippen molar-refractivity contribution in [1.82, 2.24) is 4.57 Å². The van der Waals surface area contributed by atoms with Crippen LogP contribution in [0.3, 0.4) is 0 Å². The molecule has 2 heterocycles. The number of carbonyl (C=O) groups excluding carboxylic acids is 2. The quantitative estimate of drug-likeness (QED) is 0.530. The molecule has 4 rings (SSSR count). The van der Waals surface area contributed by atoms with Gasteiger partial charge in [0.05, 0.1) is 12.6 Å². The molecule has 0 bridgehead atoms. The van der Waals surface area contributed by atoms with Gasteiger partial charge in [-0.05, 0) is 31.0 Å². The zero-order chi connectivity index (χ0) is 17.6. The Morgan fingerprint density at radius 3 is 2.52 bits per heavy atom. The summed E-state index contributed by atoms with van der Waals surface area (Å²) in [6.45, 7) is 2.09. The van der Waals surface area contributed by atoms with Crippen molar-refractivity contribution in [2.24, 2.45) is 5.92 Å². The van der Waals surface area contributed by atoms with Gasteiger partial charge in [0.15, 0.2) is 0 Å². The molecule has 0 fully saturated rings. The number of hydrogen-bond acceptors (Lipinski definition) is 3. The Bertz CT molecular complexity index is 973. The maximum absolute atomic E-state index is 13.1. The van der Waals surface area contributed by atoms with Gasteiger partial charge in [0.2, 0.25) is 5.91 Å². The highest BCUT2D eigenvalue weighted by molar-refractivity contribution is 6.05. The van der Waals surface area contributed by atoms with Gasteiger partial charge in [-0.2, -0.15) is 0 Å². The van der Waals surface area contributed by atoms with E-state index in [4.69, 9.17) is 4.74 Å². The van der Waals surface area contributed by atoms with Gasteiger partial charge in [0, 0.05) is 16.5 Å². The molecule has 1 aliphatic heterocycles. The first-order chi connectivity index (χ1) is 12.1. The van der Waals surface area contributed by atoms with E-state index in [-0.39, 0.29) is 5.91 Å². The molecule has 0 amide bonds. The number of fused-ring (bicyclic) bond motifs is 3. The molecule has 2 aromatic carbocycles. The number of rotatable bonds is 2. The molecule has 0 saturated carbocycles. The van der Waals surface area contributed by atoms with E-state index in [1.807, 2.05) is 54.6 Å². The summed E-state index contributed by atoms with van der Waals surface area (Å²) in [5.74, 6) is -1.49. The van der Waals surface area contributed by atoms with Gasteiger partial charge in [-0.25, -0.2) is 0 Å². The number of aromatic nitrogens is 1. The zero-order valence-corrected chi connectivity index (χ0v) is 14.2. The molecule has 1 aliphatic rings. The second-order valence-electron chi connectivity index (χ2n) is 6.74. The molecular weight excluding hydrogens is 314 g/mol. The lowest BCUT2D eigenvalue weighted by Gasteiger charge is -2.38. The largest absolute Gasteiger partial charge is 0.468 e. The summed E-state index contributed by atoms with van der Waals surface area (Å²) in [4.78, 5) is 25.4. The lowest BCUT2D eigenvalue weighted by Crippen LogP contribution is -2.44. The van der Waals surface area contributed by atoms with Crippen LogP contribution in [0.2, 0.25) is 0 Å². The molecule has 3 aromatic rings. The fourth-order valence-electron chi connectivity index (χ4n) is 3.95. The Hall–Kier alpha value is -2.88. The van der Waals surface area contributed by atoms with Crippen molar-refractivity contribution >= 4 is 22.8 Å². The molecule has 25 heavy (non-hydrogen) atoms. The molecule has 0 spiro atoms. The minimum atomic E-state index is -0.807. The van der Waals surface area contributed by atoms with Gasteiger partial charge >= 0.3 is 5.97 Å². The Morgan fingerprint density at radius 2 is 1.80 bits per heavy atom. The van der Waals surface area contributed by atoms with E-state index in [1.165, 1.54) is 7.11 Å². The van der Waals surface area contributed by atoms with Crippen LogP contribution >= 0.6 is 0 Å². The summed E-state index contributed by atoms with van der Waals surface area (Å²) in [5.41, 5.74) is 2.39. The highest BCUT2D eigenvalue weighted by Crippen LogP contribution is 2.44. The van der Waals surface area contributed by atoms with E-state index in [1.54, 1.807) is 4.57 Å². The zero-order valence-electron chi connectivity index (χ0n) is 14.2.